The first kappa shape index (κ1) is 16.9. The zero-order chi connectivity index (χ0) is 16.5. The van der Waals surface area contributed by atoms with Crippen molar-refractivity contribution in [3.05, 3.63) is 47.8 Å². The van der Waals surface area contributed by atoms with E-state index in [0.29, 0.717) is 0 Å². The summed E-state index contributed by atoms with van der Waals surface area (Å²) in [6.07, 6.45) is 6.01. The van der Waals surface area contributed by atoms with E-state index in [1.54, 1.807) is 14.2 Å². The van der Waals surface area contributed by atoms with Crippen molar-refractivity contribution >= 4 is 5.96 Å². The largest absolute Gasteiger partial charge is 0.497 e. The molecular weight excluding hydrogens is 290 g/mol. The molecule has 1 heterocycles. The smallest absolute Gasteiger partial charge is 0.191 e. The molecule has 0 radical (unpaired) electrons. The number of guanidine groups is 1. The lowest BCUT2D eigenvalue weighted by atomic mass is 10.2. The number of methoxy groups -OCH3 is 1. The van der Waals surface area contributed by atoms with E-state index in [9.17, 15) is 0 Å². The minimum atomic E-state index is 0.728. The van der Waals surface area contributed by atoms with Crippen LogP contribution < -0.4 is 15.4 Å². The monoisotopic (exact) mass is 315 g/mol. The second-order valence-electron chi connectivity index (χ2n) is 5.33. The van der Waals surface area contributed by atoms with Crippen molar-refractivity contribution in [2.45, 2.75) is 19.4 Å². The molecule has 0 atom stereocenters. The fourth-order valence-corrected chi connectivity index (χ4v) is 2.25. The zero-order valence-corrected chi connectivity index (χ0v) is 14.0. The Hall–Kier alpha value is -2.50. The summed E-state index contributed by atoms with van der Waals surface area (Å²) in [5.74, 6) is 1.68. The van der Waals surface area contributed by atoms with E-state index in [-0.39, 0.29) is 0 Å². The van der Waals surface area contributed by atoms with E-state index in [4.69, 9.17) is 4.74 Å². The Bertz CT molecular complexity index is 618. The van der Waals surface area contributed by atoms with Crippen LogP contribution in [0.25, 0.3) is 0 Å². The Morgan fingerprint density at radius 1 is 1.22 bits per heavy atom. The van der Waals surface area contributed by atoms with Gasteiger partial charge < -0.3 is 15.4 Å². The number of ether oxygens (including phenoxy) is 1. The summed E-state index contributed by atoms with van der Waals surface area (Å²) in [4.78, 5) is 4.24. The Labute approximate surface area is 137 Å². The van der Waals surface area contributed by atoms with Crippen LogP contribution in [0, 0.1) is 0 Å². The van der Waals surface area contributed by atoms with Crippen molar-refractivity contribution in [3.63, 3.8) is 0 Å². The molecule has 0 aliphatic carbocycles. The van der Waals surface area contributed by atoms with Gasteiger partial charge in [-0.05, 0) is 36.1 Å². The van der Waals surface area contributed by atoms with Gasteiger partial charge in [-0.2, -0.15) is 5.10 Å². The zero-order valence-electron chi connectivity index (χ0n) is 14.0. The normalized spacial score (nSPS) is 11.3. The van der Waals surface area contributed by atoms with Gasteiger partial charge in [-0.15, -0.1) is 0 Å². The molecule has 2 N–H and O–H groups in total. The maximum absolute atomic E-state index is 5.16. The number of nitrogens with one attached hydrogen (secondary N) is 2. The van der Waals surface area contributed by atoms with Crippen molar-refractivity contribution < 1.29 is 4.74 Å². The van der Waals surface area contributed by atoms with Crippen molar-refractivity contribution in [3.8, 4) is 5.75 Å². The van der Waals surface area contributed by atoms with Crippen LogP contribution in [0.4, 0.5) is 0 Å². The lowest BCUT2D eigenvalue weighted by Crippen LogP contribution is -2.37. The minimum absolute atomic E-state index is 0.728. The molecule has 124 valence electrons. The summed E-state index contributed by atoms with van der Waals surface area (Å²) >= 11 is 0. The third-order valence-electron chi connectivity index (χ3n) is 3.54. The standard InChI is InChI=1S/C17H25N5O/c1-18-17(19-10-4-5-15-12-21-22(2)13-15)20-11-14-6-8-16(23-3)9-7-14/h6-9,12-13H,4-5,10-11H2,1-3H3,(H2,18,19,20). The predicted molar refractivity (Wildman–Crippen MR) is 92.7 cm³/mol. The molecule has 2 rings (SSSR count). The van der Waals surface area contributed by atoms with Crippen molar-refractivity contribution in [1.82, 2.24) is 20.4 Å². The SMILES string of the molecule is CN=C(NCCCc1cnn(C)c1)NCc1ccc(OC)cc1. The van der Waals surface area contributed by atoms with Gasteiger partial charge in [-0.1, -0.05) is 12.1 Å². The molecule has 0 aliphatic rings. The van der Waals surface area contributed by atoms with E-state index in [1.165, 1.54) is 11.1 Å². The van der Waals surface area contributed by atoms with Gasteiger partial charge in [0.05, 0.1) is 13.3 Å². The van der Waals surface area contributed by atoms with Crippen LogP contribution in [0.3, 0.4) is 0 Å². The summed E-state index contributed by atoms with van der Waals surface area (Å²) in [6, 6.07) is 8.01. The van der Waals surface area contributed by atoms with E-state index < -0.39 is 0 Å². The number of aryl methyl sites for hydroxylation is 2. The van der Waals surface area contributed by atoms with Gasteiger partial charge in [0, 0.05) is 33.4 Å². The van der Waals surface area contributed by atoms with Gasteiger partial charge in [0.2, 0.25) is 0 Å². The lowest BCUT2D eigenvalue weighted by molar-refractivity contribution is 0.414. The number of benzene rings is 1. The van der Waals surface area contributed by atoms with Crippen molar-refractivity contribution in [2.75, 3.05) is 20.7 Å². The summed E-state index contributed by atoms with van der Waals surface area (Å²) in [5.41, 5.74) is 2.44. The molecule has 0 spiro atoms. The second-order valence-corrected chi connectivity index (χ2v) is 5.33. The van der Waals surface area contributed by atoms with Crippen LogP contribution in [0.2, 0.25) is 0 Å². The highest BCUT2D eigenvalue weighted by molar-refractivity contribution is 5.79. The molecule has 0 unspecified atom stereocenters. The number of rotatable bonds is 7. The topological polar surface area (TPSA) is 63.5 Å². The third kappa shape index (κ3) is 5.65. The van der Waals surface area contributed by atoms with Crippen LogP contribution in [-0.2, 0) is 20.0 Å². The quantitative estimate of drug-likeness (QED) is 0.464. The van der Waals surface area contributed by atoms with Crippen LogP contribution in [0.15, 0.2) is 41.7 Å². The molecule has 0 amide bonds. The maximum atomic E-state index is 5.16. The molecule has 0 saturated heterocycles. The first-order valence-electron chi connectivity index (χ1n) is 7.76. The first-order valence-corrected chi connectivity index (χ1v) is 7.76. The number of aromatic nitrogens is 2. The molecule has 0 fully saturated rings. The molecule has 2 aromatic rings. The highest BCUT2D eigenvalue weighted by Crippen LogP contribution is 2.10. The lowest BCUT2D eigenvalue weighted by Gasteiger charge is -2.12. The fraction of sp³-hybridized carbons (Fsp3) is 0.412. The van der Waals surface area contributed by atoms with Gasteiger partial charge in [-0.3, -0.25) is 9.67 Å². The molecular formula is C17H25N5O. The molecule has 0 aliphatic heterocycles. The van der Waals surface area contributed by atoms with Gasteiger partial charge in [0.25, 0.3) is 0 Å². The number of hydrogen-bond acceptors (Lipinski definition) is 3. The molecule has 6 heteroatoms. The van der Waals surface area contributed by atoms with Gasteiger partial charge in [-0.25, -0.2) is 0 Å². The first-order chi connectivity index (χ1) is 11.2. The third-order valence-corrected chi connectivity index (χ3v) is 3.54. The van der Waals surface area contributed by atoms with Crippen LogP contribution in [0.1, 0.15) is 17.5 Å². The Morgan fingerprint density at radius 3 is 2.61 bits per heavy atom. The highest BCUT2D eigenvalue weighted by atomic mass is 16.5. The van der Waals surface area contributed by atoms with Gasteiger partial charge >= 0.3 is 0 Å². The minimum Gasteiger partial charge on any atom is -0.497 e. The van der Waals surface area contributed by atoms with E-state index >= 15 is 0 Å². The van der Waals surface area contributed by atoms with Crippen molar-refractivity contribution in [1.29, 1.82) is 0 Å². The van der Waals surface area contributed by atoms with Gasteiger partial charge in [0.1, 0.15) is 5.75 Å². The van der Waals surface area contributed by atoms with E-state index in [0.717, 1.165) is 37.6 Å². The highest BCUT2D eigenvalue weighted by Gasteiger charge is 2.00. The second kappa shape index (κ2) is 8.82. The predicted octanol–water partition coefficient (Wildman–Crippen LogP) is 1.73. The molecule has 1 aromatic carbocycles. The molecule has 1 aromatic heterocycles. The number of hydrogen-bond donors (Lipinski definition) is 2. The Morgan fingerprint density at radius 2 is 2.00 bits per heavy atom. The van der Waals surface area contributed by atoms with Crippen molar-refractivity contribution in [2.24, 2.45) is 12.0 Å². The summed E-state index contributed by atoms with van der Waals surface area (Å²) < 4.78 is 6.99. The molecule has 0 bridgehead atoms. The average molecular weight is 315 g/mol. The average Bonchev–Trinajstić information content (AvgIpc) is 3.00. The number of nitrogens with zero attached hydrogens (tertiary/aromatic N) is 3. The van der Waals surface area contributed by atoms with Crippen LogP contribution in [0.5, 0.6) is 5.75 Å². The van der Waals surface area contributed by atoms with Gasteiger partial charge in [0.15, 0.2) is 5.96 Å². The summed E-state index contributed by atoms with van der Waals surface area (Å²) in [7, 11) is 5.39. The molecule has 6 nitrogen and oxygen atoms in total. The summed E-state index contributed by atoms with van der Waals surface area (Å²) in [6.45, 7) is 1.60. The van der Waals surface area contributed by atoms with E-state index in [1.807, 2.05) is 42.2 Å². The fourth-order valence-electron chi connectivity index (χ4n) is 2.25. The van der Waals surface area contributed by atoms with Crippen LogP contribution >= 0.6 is 0 Å². The molecule has 23 heavy (non-hydrogen) atoms. The Balaban J connectivity index is 1.68. The number of aliphatic imine (C=N–C) groups is 1. The maximum Gasteiger partial charge on any atom is 0.191 e. The molecule has 0 saturated carbocycles. The van der Waals surface area contributed by atoms with Crippen LogP contribution in [-0.4, -0.2) is 36.4 Å². The Kier molecular flexibility index (Phi) is 6.47. The van der Waals surface area contributed by atoms with E-state index in [2.05, 4.69) is 26.9 Å². The summed E-state index contributed by atoms with van der Waals surface area (Å²) in [5, 5.41) is 10.8.